The predicted molar refractivity (Wildman–Crippen MR) is 137 cm³/mol. The fourth-order valence-corrected chi connectivity index (χ4v) is 5.47. The van der Waals surface area contributed by atoms with Crippen molar-refractivity contribution in [1.29, 1.82) is 0 Å². The summed E-state index contributed by atoms with van der Waals surface area (Å²) in [6.45, 7) is 5.62. The molecule has 1 amide bonds. The lowest BCUT2D eigenvalue weighted by molar-refractivity contribution is -0.132. The Morgan fingerprint density at radius 2 is 1.76 bits per heavy atom. The van der Waals surface area contributed by atoms with E-state index in [9.17, 15) is 9.90 Å². The summed E-state index contributed by atoms with van der Waals surface area (Å²) in [5, 5.41) is 11.1. The highest BCUT2D eigenvalue weighted by molar-refractivity contribution is 6.42. The maximum absolute atomic E-state index is 13.3. The summed E-state index contributed by atoms with van der Waals surface area (Å²) >= 11 is 18.5. The third-order valence-corrected chi connectivity index (χ3v) is 8.14. The molecule has 0 aromatic heterocycles. The van der Waals surface area contributed by atoms with Gasteiger partial charge in [-0.2, -0.15) is 0 Å². The van der Waals surface area contributed by atoms with Gasteiger partial charge in [0.05, 0.1) is 16.6 Å². The van der Waals surface area contributed by atoms with Crippen LogP contribution in [0.5, 0.6) is 5.75 Å². The number of carbonyl (C=O) groups is 1. The fraction of sp³-hybridized carbons (Fsp3) is 0.500. The standard InChI is InChI=1S/C26H31Cl3N2O3/c1-17(34-21-5-3-20(27)4-6-21)22-13-31(14-23(22)19-2-7-24(28)25(29)12-19)26(33)15-30-10-8-18(16-32)9-11-30/h2-7,12,17-18,22-23,32H,8-11,13-16H2,1H3. The number of likely N-dealkylation sites (tertiary alicyclic amines) is 2. The van der Waals surface area contributed by atoms with Crippen LogP contribution in [0.2, 0.25) is 15.1 Å². The number of ether oxygens (including phenoxy) is 1. The SMILES string of the molecule is CC(Oc1ccc(Cl)cc1)C1CN(C(=O)CN2CCC(CO)CC2)CC1c1ccc(Cl)c(Cl)c1. The number of nitrogens with zero attached hydrogens (tertiary/aromatic N) is 2. The average molecular weight is 526 g/mol. The van der Waals surface area contributed by atoms with Crippen LogP contribution in [0, 0.1) is 11.8 Å². The van der Waals surface area contributed by atoms with E-state index in [4.69, 9.17) is 39.5 Å². The van der Waals surface area contributed by atoms with Crippen LogP contribution in [0.3, 0.4) is 0 Å². The molecule has 2 heterocycles. The fourth-order valence-electron chi connectivity index (χ4n) is 5.04. The highest BCUT2D eigenvalue weighted by Crippen LogP contribution is 2.38. The van der Waals surface area contributed by atoms with Gasteiger partial charge in [-0.3, -0.25) is 9.69 Å². The van der Waals surface area contributed by atoms with Crippen molar-refractivity contribution in [2.45, 2.75) is 31.8 Å². The van der Waals surface area contributed by atoms with Gasteiger partial charge in [-0.1, -0.05) is 40.9 Å². The molecule has 2 aromatic rings. The molecule has 4 rings (SSSR count). The van der Waals surface area contributed by atoms with Gasteiger partial charge in [-0.15, -0.1) is 0 Å². The van der Waals surface area contributed by atoms with Crippen LogP contribution in [0.25, 0.3) is 0 Å². The van der Waals surface area contributed by atoms with Gasteiger partial charge in [-0.05, 0) is 80.7 Å². The van der Waals surface area contributed by atoms with E-state index >= 15 is 0 Å². The number of hydrogen-bond acceptors (Lipinski definition) is 4. The van der Waals surface area contributed by atoms with E-state index in [1.54, 1.807) is 0 Å². The molecule has 3 atom stereocenters. The molecule has 2 aromatic carbocycles. The zero-order valence-corrected chi connectivity index (χ0v) is 21.6. The number of amides is 1. The second kappa shape index (κ2) is 11.5. The predicted octanol–water partition coefficient (Wildman–Crippen LogP) is 5.36. The van der Waals surface area contributed by atoms with Gasteiger partial charge >= 0.3 is 0 Å². The number of aliphatic hydroxyl groups excluding tert-OH is 1. The molecule has 34 heavy (non-hydrogen) atoms. The van der Waals surface area contributed by atoms with Crippen molar-refractivity contribution >= 4 is 40.7 Å². The normalized spacial score (nSPS) is 22.7. The first-order chi connectivity index (χ1) is 16.3. The molecule has 0 radical (unpaired) electrons. The van der Waals surface area contributed by atoms with Gasteiger partial charge in [0.25, 0.3) is 0 Å². The molecule has 1 N–H and O–H groups in total. The third-order valence-electron chi connectivity index (χ3n) is 7.15. The first-order valence-electron chi connectivity index (χ1n) is 11.8. The molecule has 2 saturated heterocycles. The second-order valence-electron chi connectivity index (χ2n) is 9.42. The van der Waals surface area contributed by atoms with E-state index in [0.29, 0.717) is 40.6 Å². The van der Waals surface area contributed by atoms with Gasteiger partial charge < -0.3 is 14.7 Å². The summed E-state index contributed by atoms with van der Waals surface area (Å²) in [7, 11) is 0. The van der Waals surface area contributed by atoms with Gasteiger partial charge in [0, 0.05) is 36.6 Å². The number of aliphatic hydroxyl groups is 1. The Labute approximate surface area is 216 Å². The molecule has 3 unspecified atom stereocenters. The van der Waals surface area contributed by atoms with E-state index in [2.05, 4.69) is 11.8 Å². The van der Waals surface area contributed by atoms with Gasteiger partial charge in [0.1, 0.15) is 11.9 Å². The summed E-state index contributed by atoms with van der Waals surface area (Å²) in [5.74, 6) is 1.42. The maximum atomic E-state index is 13.3. The first-order valence-corrected chi connectivity index (χ1v) is 13.0. The van der Waals surface area contributed by atoms with Gasteiger partial charge in [0.2, 0.25) is 5.91 Å². The molecule has 0 spiro atoms. The first kappa shape index (κ1) is 25.6. The lowest BCUT2D eigenvalue weighted by Gasteiger charge is -2.31. The average Bonchev–Trinajstić information content (AvgIpc) is 3.29. The molecule has 184 valence electrons. The number of piperidine rings is 1. The number of benzene rings is 2. The lowest BCUT2D eigenvalue weighted by Crippen LogP contribution is -2.43. The van der Waals surface area contributed by atoms with Gasteiger partial charge in [-0.25, -0.2) is 0 Å². The van der Waals surface area contributed by atoms with Crippen LogP contribution in [0.1, 0.15) is 31.2 Å². The minimum Gasteiger partial charge on any atom is -0.490 e. The smallest absolute Gasteiger partial charge is 0.236 e. The quantitative estimate of drug-likeness (QED) is 0.529. The van der Waals surface area contributed by atoms with Crippen molar-refractivity contribution in [3.05, 3.63) is 63.1 Å². The molecule has 2 aliphatic heterocycles. The molecule has 0 aliphatic carbocycles. The summed E-state index contributed by atoms with van der Waals surface area (Å²) in [6, 6.07) is 13.1. The highest BCUT2D eigenvalue weighted by atomic mass is 35.5. The zero-order valence-electron chi connectivity index (χ0n) is 19.3. The second-order valence-corrected chi connectivity index (χ2v) is 10.7. The molecule has 2 aliphatic rings. The van der Waals surface area contributed by atoms with Crippen molar-refractivity contribution in [3.8, 4) is 5.75 Å². The molecule has 8 heteroatoms. The van der Waals surface area contributed by atoms with E-state index in [-0.39, 0.29) is 30.5 Å². The summed E-state index contributed by atoms with van der Waals surface area (Å²) in [6.07, 6.45) is 1.74. The van der Waals surface area contributed by atoms with Gasteiger partial charge in [0.15, 0.2) is 0 Å². The Morgan fingerprint density at radius 1 is 1.06 bits per heavy atom. The van der Waals surface area contributed by atoms with Crippen molar-refractivity contribution in [2.75, 3.05) is 39.3 Å². The number of carbonyl (C=O) groups excluding carboxylic acids is 1. The highest BCUT2D eigenvalue weighted by Gasteiger charge is 2.40. The number of hydrogen-bond donors (Lipinski definition) is 1. The Balaban J connectivity index is 1.48. The van der Waals surface area contributed by atoms with Crippen LogP contribution >= 0.6 is 34.8 Å². The van der Waals surface area contributed by atoms with E-state index < -0.39 is 0 Å². The Bertz CT molecular complexity index is 980. The van der Waals surface area contributed by atoms with Crippen molar-refractivity contribution in [3.63, 3.8) is 0 Å². The molecular formula is C26H31Cl3N2O3. The van der Waals surface area contributed by atoms with Crippen LogP contribution in [-0.4, -0.2) is 66.2 Å². The van der Waals surface area contributed by atoms with E-state index in [1.807, 2.05) is 47.4 Å². The van der Waals surface area contributed by atoms with Crippen LogP contribution < -0.4 is 4.74 Å². The molecule has 0 saturated carbocycles. The topological polar surface area (TPSA) is 53.0 Å². The minimum absolute atomic E-state index is 0.0844. The van der Waals surface area contributed by atoms with E-state index in [1.165, 1.54) is 0 Å². The van der Waals surface area contributed by atoms with Crippen LogP contribution in [0.15, 0.2) is 42.5 Å². The molecular weight excluding hydrogens is 495 g/mol. The minimum atomic E-state index is -0.126. The largest absolute Gasteiger partial charge is 0.490 e. The Kier molecular flexibility index (Phi) is 8.65. The molecule has 0 bridgehead atoms. The van der Waals surface area contributed by atoms with Crippen molar-refractivity contribution in [1.82, 2.24) is 9.80 Å². The number of halogens is 3. The summed E-state index contributed by atoms with van der Waals surface area (Å²) in [5.41, 5.74) is 1.06. The molecule has 2 fully saturated rings. The van der Waals surface area contributed by atoms with Crippen molar-refractivity contribution < 1.29 is 14.6 Å². The van der Waals surface area contributed by atoms with Crippen molar-refractivity contribution in [2.24, 2.45) is 11.8 Å². The summed E-state index contributed by atoms with van der Waals surface area (Å²) in [4.78, 5) is 17.4. The van der Waals surface area contributed by atoms with E-state index in [0.717, 1.165) is 37.2 Å². The zero-order chi connectivity index (χ0) is 24.2. The Hall–Kier alpha value is -1.50. The molecule has 5 nitrogen and oxygen atoms in total. The third kappa shape index (κ3) is 6.19. The van der Waals surface area contributed by atoms with Crippen LogP contribution in [-0.2, 0) is 4.79 Å². The number of rotatable bonds is 7. The lowest BCUT2D eigenvalue weighted by atomic mass is 9.85. The Morgan fingerprint density at radius 3 is 2.41 bits per heavy atom. The maximum Gasteiger partial charge on any atom is 0.236 e. The van der Waals surface area contributed by atoms with Crippen LogP contribution in [0.4, 0.5) is 0 Å². The monoisotopic (exact) mass is 524 g/mol. The summed E-state index contributed by atoms with van der Waals surface area (Å²) < 4.78 is 6.27.